The molecule has 150 valence electrons. The Morgan fingerprint density at radius 2 is 2.04 bits per heavy atom. The molecule has 28 heavy (non-hydrogen) atoms. The molecule has 0 spiro atoms. The first-order valence-electron chi connectivity index (χ1n) is 9.69. The van der Waals surface area contributed by atoms with Gasteiger partial charge in [0.25, 0.3) is 5.91 Å². The van der Waals surface area contributed by atoms with Crippen molar-refractivity contribution >= 4 is 11.8 Å². The molecule has 0 bridgehead atoms. The molecule has 0 radical (unpaired) electrons. The number of aryl methyl sites for hydroxylation is 2. The van der Waals surface area contributed by atoms with Crippen molar-refractivity contribution in [3.8, 4) is 0 Å². The van der Waals surface area contributed by atoms with Crippen LogP contribution in [0.4, 0.5) is 0 Å². The van der Waals surface area contributed by atoms with Crippen LogP contribution in [-0.2, 0) is 16.1 Å². The minimum atomic E-state index is -0.407. The lowest BCUT2D eigenvalue weighted by atomic mass is 9.89. The van der Waals surface area contributed by atoms with Crippen LogP contribution in [0.15, 0.2) is 30.3 Å². The van der Waals surface area contributed by atoms with E-state index < -0.39 is 5.91 Å². The maximum absolute atomic E-state index is 12.8. The van der Waals surface area contributed by atoms with Crippen molar-refractivity contribution in [2.75, 3.05) is 13.2 Å². The number of primary amides is 1. The molecule has 3 rings (SSSR count). The second-order valence-electron chi connectivity index (χ2n) is 7.49. The Morgan fingerprint density at radius 3 is 2.68 bits per heavy atom. The normalized spacial score (nSPS) is 15.9. The Hall–Kier alpha value is -2.67. The topological polar surface area (TPSA) is 99.2 Å². The average Bonchev–Trinajstić information content (AvgIpc) is 2.98. The van der Waals surface area contributed by atoms with Gasteiger partial charge in [-0.25, -0.2) is 0 Å². The van der Waals surface area contributed by atoms with E-state index in [1.807, 2.05) is 42.8 Å². The molecular formula is C21H28N4O3. The summed E-state index contributed by atoms with van der Waals surface area (Å²) in [5.41, 5.74) is 9.02. The van der Waals surface area contributed by atoms with Crippen LogP contribution >= 0.6 is 0 Å². The fourth-order valence-electron chi connectivity index (χ4n) is 3.74. The first kappa shape index (κ1) is 20.1. The molecule has 7 nitrogen and oxygen atoms in total. The summed E-state index contributed by atoms with van der Waals surface area (Å²) in [6.07, 6.45) is 1.77. The number of carbonyl (C=O) groups excluding carboxylic acids is 2. The summed E-state index contributed by atoms with van der Waals surface area (Å²) in [5.74, 6) is -0.397. The van der Waals surface area contributed by atoms with E-state index >= 15 is 0 Å². The Balaban J connectivity index is 1.71. The molecule has 1 aliphatic heterocycles. The Bertz CT molecular complexity index is 840. The Morgan fingerprint density at radius 1 is 1.29 bits per heavy atom. The number of carbonyl (C=O) groups is 2. The molecule has 1 aliphatic rings. The highest BCUT2D eigenvalue weighted by molar-refractivity contribution is 5.94. The van der Waals surface area contributed by atoms with E-state index in [0.717, 1.165) is 29.8 Å². The summed E-state index contributed by atoms with van der Waals surface area (Å²) in [6, 6.07) is 9.26. The van der Waals surface area contributed by atoms with Crippen molar-refractivity contribution in [1.82, 2.24) is 15.1 Å². The van der Waals surface area contributed by atoms with E-state index in [-0.39, 0.29) is 24.3 Å². The fraction of sp³-hybridized carbons (Fsp3) is 0.476. The second-order valence-corrected chi connectivity index (χ2v) is 7.49. The van der Waals surface area contributed by atoms with Crippen LogP contribution < -0.4 is 11.1 Å². The zero-order valence-electron chi connectivity index (χ0n) is 16.5. The molecule has 1 atom stereocenters. The van der Waals surface area contributed by atoms with E-state index in [1.165, 1.54) is 0 Å². The number of hydrogen-bond acceptors (Lipinski definition) is 4. The molecular weight excluding hydrogens is 356 g/mol. The number of amides is 2. The van der Waals surface area contributed by atoms with Gasteiger partial charge >= 0.3 is 0 Å². The highest BCUT2D eigenvalue weighted by Gasteiger charge is 2.27. The number of nitrogens with zero attached hydrogens (tertiary/aromatic N) is 2. The molecule has 2 amide bonds. The molecule has 1 aromatic heterocycles. The maximum Gasteiger partial charge on any atom is 0.251 e. The molecule has 0 saturated carbocycles. The molecule has 1 fully saturated rings. The van der Waals surface area contributed by atoms with Gasteiger partial charge in [0.15, 0.2) is 0 Å². The van der Waals surface area contributed by atoms with Gasteiger partial charge in [-0.2, -0.15) is 5.10 Å². The summed E-state index contributed by atoms with van der Waals surface area (Å²) >= 11 is 0. The van der Waals surface area contributed by atoms with Crippen molar-refractivity contribution in [2.45, 2.75) is 45.7 Å². The largest absolute Gasteiger partial charge is 0.381 e. The maximum atomic E-state index is 12.8. The van der Waals surface area contributed by atoms with Crippen molar-refractivity contribution in [3.05, 3.63) is 52.8 Å². The summed E-state index contributed by atoms with van der Waals surface area (Å²) < 4.78 is 7.31. The molecule has 7 heteroatoms. The molecule has 0 aliphatic carbocycles. The van der Waals surface area contributed by atoms with Gasteiger partial charge in [-0.1, -0.05) is 12.1 Å². The van der Waals surface area contributed by atoms with Gasteiger partial charge in [-0.15, -0.1) is 0 Å². The molecule has 3 N–H and O–H groups in total. The lowest BCUT2D eigenvalue weighted by Gasteiger charge is -2.30. The number of hydrogen-bond donors (Lipinski definition) is 2. The Labute approximate surface area is 165 Å². The second kappa shape index (κ2) is 9.01. The zero-order chi connectivity index (χ0) is 20.1. The van der Waals surface area contributed by atoms with Gasteiger partial charge in [0, 0.05) is 36.9 Å². The van der Waals surface area contributed by atoms with E-state index in [0.29, 0.717) is 25.3 Å². The fourth-order valence-corrected chi connectivity index (χ4v) is 3.74. The van der Waals surface area contributed by atoms with Gasteiger partial charge in [0.1, 0.15) is 0 Å². The smallest absolute Gasteiger partial charge is 0.251 e. The van der Waals surface area contributed by atoms with Crippen molar-refractivity contribution in [2.24, 2.45) is 11.7 Å². The van der Waals surface area contributed by atoms with Crippen LogP contribution in [0.2, 0.25) is 0 Å². The van der Waals surface area contributed by atoms with Crippen LogP contribution in [0, 0.1) is 19.8 Å². The summed E-state index contributed by atoms with van der Waals surface area (Å²) in [5, 5.41) is 7.50. The number of ether oxygens (including phenoxy) is 1. The first-order chi connectivity index (χ1) is 13.4. The highest BCUT2D eigenvalue weighted by Crippen LogP contribution is 2.21. The minimum absolute atomic E-state index is 0.141. The number of rotatable bonds is 7. The van der Waals surface area contributed by atoms with Crippen molar-refractivity contribution in [3.63, 3.8) is 0 Å². The SMILES string of the molecule is Cc1cc(C)n(Cc2cccc(C(=O)N[C@H](CC(N)=O)C3CCOCC3)c2)n1. The van der Waals surface area contributed by atoms with E-state index in [4.69, 9.17) is 10.5 Å². The zero-order valence-corrected chi connectivity index (χ0v) is 16.5. The van der Waals surface area contributed by atoms with Gasteiger partial charge in [0.05, 0.1) is 12.2 Å². The van der Waals surface area contributed by atoms with Crippen molar-refractivity contribution < 1.29 is 14.3 Å². The first-order valence-corrected chi connectivity index (χ1v) is 9.69. The van der Waals surface area contributed by atoms with Crippen molar-refractivity contribution in [1.29, 1.82) is 0 Å². The summed E-state index contributed by atoms with van der Waals surface area (Å²) in [4.78, 5) is 24.3. The standard InChI is InChI=1S/C21H28N4O3/c1-14-10-15(2)25(24-14)13-16-4-3-5-18(11-16)21(27)23-19(12-20(22)26)17-6-8-28-9-7-17/h3-5,10-11,17,19H,6-9,12-13H2,1-2H3,(H2,22,26)(H,23,27)/t19-/m1/s1. The lowest BCUT2D eigenvalue weighted by Crippen LogP contribution is -2.44. The summed E-state index contributed by atoms with van der Waals surface area (Å²) in [7, 11) is 0. The molecule has 1 aromatic carbocycles. The van der Waals surface area contributed by atoms with Crippen LogP contribution in [0.5, 0.6) is 0 Å². The number of nitrogens with one attached hydrogen (secondary N) is 1. The number of aromatic nitrogens is 2. The van der Waals surface area contributed by atoms with Gasteiger partial charge in [-0.05, 0) is 56.4 Å². The predicted octanol–water partition coefficient (Wildman–Crippen LogP) is 1.95. The molecule has 2 heterocycles. The molecule has 1 saturated heterocycles. The van der Waals surface area contributed by atoms with Crippen LogP contribution in [-0.4, -0.2) is 40.9 Å². The van der Waals surface area contributed by atoms with Crippen LogP contribution in [0.25, 0.3) is 0 Å². The monoisotopic (exact) mass is 384 g/mol. The summed E-state index contributed by atoms with van der Waals surface area (Å²) in [6.45, 7) is 5.87. The Kier molecular flexibility index (Phi) is 6.46. The highest BCUT2D eigenvalue weighted by atomic mass is 16.5. The third-order valence-electron chi connectivity index (χ3n) is 5.20. The van der Waals surface area contributed by atoms with Crippen LogP contribution in [0.1, 0.15) is 46.6 Å². The van der Waals surface area contributed by atoms with E-state index in [9.17, 15) is 9.59 Å². The third-order valence-corrected chi connectivity index (χ3v) is 5.20. The third kappa shape index (κ3) is 5.19. The van der Waals surface area contributed by atoms with E-state index in [1.54, 1.807) is 6.07 Å². The van der Waals surface area contributed by atoms with Gasteiger partial charge < -0.3 is 15.8 Å². The minimum Gasteiger partial charge on any atom is -0.381 e. The average molecular weight is 384 g/mol. The quantitative estimate of drug-likeness (QED) is 0.762. The lowest BCUT2D eigenvalue weighted by molar-refractivity contribution is -0.118. The number of benzene rings is 1. The van der Waals surface area contributed by atoms with E-state index in [2.05, 4.69) is 10.4 Å². The molecule has 0 unspecified atom stereocenters. The predicted molar refractivity (Wildman–Crippen MR) is 106 cm³/mol. The van der Waals surface area contributed by atoms with Gasteiger partial charge in [0.2, 0.25) is 5.91 Å². The number of nitrogens with two attached hydrogens (primary N) is 1. The van der Waals surface area contributed by atoms with Crippen LogP contribution in [0.3, 0.4) is 0 Å². The molecule has 2 aromatic rings. The van der Waals surface area contributed by atoms with Gasteiger partial charge in [-0.3, -0.25) is 14.3 Å².